The van der Waals surface area contributed by atoms with Gasteiger partial charge in [0, 0.05) is 20.1 Å². The topological polar surface area (TPSA) is 24.1 Å². The molecule has 0 rings (SSSR count). The number of hydrogen-bond acceptors (Lipinski definition) is 2. The Labute approximate surface area is 91.3 Å². The van der Waals surface area contributed by atoms with Crippen molar-refractivity contribution in [2.24, 2.45) is 11.8 Å². The molecule has 2 unspecified atom stereocenters. The molecule has 0 aromatic rings. The lowest BCUT2D eigenvalue weighted by Gasteiger charge is -2.26. The summed E-state index contributed by atoms with van der Waals surface area (Å²) < 4.78 is 0. The van der Waals surface area contributed by atoms with Crippen LogP contribution in [0.5, 0.6) is 0 Å². The third-order valence-corrected chi connectivity index (χ3v) is 2.93. The van der Waals surface area contributed by atoms with Crippen LogP contribution in [0.15, 0.2) is 0 Å². The van der Waals surface area contributed by atoms with Gasteiger partial charge in [0.1, 0.15) is 0 Å². The second-order valence-corrected chi connectivity index (χ2v) is 4.85. The molecule has 2 nitrogen and oxygen atoms in total. The van der Waals surface area contributed by atoms with Gasteiger partial charge >= 0.3 is 0 Å². The molecule has 14 heavy (non-hydrogen) atoms. The third-order valence-electron chi connectivity index (χ3n) is 2.93. The lowest BCUT2D eigenvalue weighted by atomic mass is 10.0. The van der Waals surface area contributed by atoms with Crippen molar-refractivity contribution in [1.82, 2.24) is 10.6 Å². The van der Waals surface area contributed by atoms with Gasteiger partial charge in [-0.25, -0.2) is 0 Å². The molecule has 0 heterocycles. The summed E-state index contributed by atoms with van der Waals surface area (Å²) in [7, 11) is 0. The Balaban J connectivity index is 0. The molecular weight excluding hydrogens is 172 g/mol. The predicted octanol–water partition coefficient (Wildman–Crippen LogP) is 2.50. The molecule has 0 fully saturated rings. The van der Waals surface area contributed by atoms with Gasteiger partial charge in [0.2, 0.25) is 0 Å². The maximum atomic E-state index is 3.59. The summed E-state index contributed by atoms with van der Waals surface area (Å²) in [6, 6.07) is 1.20. The monoisotopic (exact) mass is 202 g/mol. The second kappa shape index (κ2) is 7.24. The number of rotatable bonds is 7. The zero-order chi connectivity index (χ0) is 11.1. The molecule has 0 saturated carbocycles. The van der Waals surface area contributed by atoms with E-state index in [1.54, 1.807) is 0 Å². The quantitative estimate of drug-likeness (QED) is 0.663. The Morgan fingerprint density at radius 3 is 1.86 bits per heavy atom. The predicted molar refractivity (Wildman–Crippen MR) is 66.7 cm³/mol. The summed E-state index contributed by atoms with van der Waals surface area (Å²) in [5.74, 6) is 1.41. The van der Waals surface area contributed by atoms with Gasteiger partial charge in [-0.1, -0.05) is 34.6 Å². The van der Waals surface area contributed by atoms with Crippen molar-refractivity contribution in [1.29, 1.82) is 0 Å². The highest BCUT2D eigenvalue weighted by atomic mass is 15.0. The highest BCUT2D eigenvalue weighted by Gasteiger charge is 2.13. The molecule has 2 atom stereocenters. The van der Waals surface area contributed by atoms with Crippen molar-refractivity contribution in [3.8, 4) is 0 Å². The van der Waals surface area contributed by atoms with Gasteiger partial charge in [0.15, 0.2) is 0 Å². The first kappa shape index (κ1) is 13.9. The van der Waals surface area contributed by atoms with Crippen molar-refractivity contribution < 1.29 is 1.43 Å². The van der Waals surface area contributed by atoms with Crippen LogP contribution in [0.1, 0.15) is 43.0 Å². The molecule has 0 aromatic heterocycles. The fourth-order valence-electron chi connectivity index (χ4n) is 1.35. The van der Waals surface area contributed by atoms with E-state index in [0.717, 1.165) is 13.1 Å². The minimum Gasteiger partial charge on any atom is -0.313 e. The Hall–Kier alpha value is -0.0800. The van der Waals surface area contributed by atoms with E-state index in [1.807, 2.05) is 0 Å². The summed E-state index contributed by atoms with van der Waals surface area (Å²) >= 11 is 0. The van der Waals surface area contributed by atoms with E-state index in [1.165, 1.54) is 0 Å². The summed E-state index contributed by atoms with van der Waals surface area (Å²) in [5.41, 5.74) is 0. The van der Waals surface area contributed by atoms with E-state index in [9.17, 15) is 0 Å². The van der Waals surface area contributed by atoms with Crippen LogP contribution >= 0.6 is 0 Å². The van der Waals surface area contributed by atoms with E-state index in [2.05, 4.69) is 52.2 Å². The first-order chi connectivity index (χ1) is 6.49. The summed E-state index contributed by atoms with van der Waals surface area (Å²) in [6.07, 6.45) is 0. The molecule has 88 valence electrons. The van der Waals surface area contributed by atoms with Crippen LogP contribution in [0.2, 0.25) is 0 Å². The summed E-state index contributed by atoms with van der Waals surface area (Å²) in [6.45, 7) is 15.6. The van der Waals surface area contributed by atoms with E-state index < -0.39 is 0 Å². The first-order valence-corrected chi connectivity index (χ1v) is 5.95. The van der Waals surface area contributed by atoms with Crippen LogP contribution in [0.4, 0.5) is 0 Å². The van der Waals surface area contributed by atoms with Gasteiger partial charge in [0.05, 0.1) is 0 Å². The van der Waals surface area contributed by atoms with Crippen LogP contribution in [-0.2, 0) is 0 Å². The molecule has 0 spiro atoms. The van der Waals surface area contributed by atoms with Gasteiger partial charge in [-0.05, 0) is 25.3 Å². The highest BCUT2D eigenvalue weighted by Crippen LogP contribution is 2.03. The van der Waals surface area contributed by atoms with Crippen LogP contribution in [0, 0.1) is 11.8 Å². The lowest BCUT2D eigenvalue weighted by molar-refractivity contribution is 0.343. The molecule has 0 amide bonds. The van der Waals surface area contributed by atoms with E-state index in [-0.39, 0.29) is 1.43 Å². The fourth-order valence-corrected chi connectivity index (χ4v) is 1.35. The number of likely N-dealkylation sites (N-methyl/N-ethyl adjacent to an activating group) is 1. The van der Waals surface area contributed by atoms with Gasteiger partial charge in [-0.3, -0.25) is 0 Å². The van der Waals surface area contributed by atoms with Gasteiger partial charge in [0.25, 0.3) is 0 Å². The average molecular weight is 202 g/mol. The van der Waals surface area contributed by atoms with Gasteiger partial charge in [-0.15, -0.1) is 0 Å². The molecular formula is C12H30N2. The Bertz CT molecular complexity index is 138. The Morgan fingerprint density at radius 1 is 0.929 bits per heavy atom. The molecule has 0 radical (unpaired) electrons. The summed E-state index contributed by atoms with van der Waals surface area (Å²) in [5, 5.41) is 7.10. The second-order valence-electron chi connectivity index (χ2n) is 4.85. The number of nitrogens with one attached hydrogen (secondary N) is 2. The molecule has 0 saturated heterocycles. The molecule has 2 heteroatoms. The van der Waals surface area contributed by atoms with Gasteiger partial charge in [-0.2, -0.15) is 0 Å². The van der Waals surface area contributed by atoms with Crippen molar-refractivity contribution in [3.05, 3.63) is 0 Å². The van der Waals surface area contributed by atoms with Crippen LogP contribution in [0.25, 0.3) is 0 Å². The van der Waals surface area contributed by atoms with E-state index in [0.29, 0.717) is 23.9 Å². The SMILES string of the molecule is CCNC(CNC(C)C(C)C)C(C)C.[HH]. The Kier molecular flexibility index (Phi) is 7.20. The lowest BCUT2D eigenvalue weighted by Crippen LogP contribution is -2.45. The standard InChI is InChI=1S/C12H28N2.H2/c1-7-13-12(10(4)5)8-14-11(6)9(2)3;/h9-14H,7-8H2,1-6H3;1H. The maximum Gasteiger partial charge on any atom is 0.0215 e. The normalized spacial score (nSPS) is 16.3. The zero-order valence-electron chi connectivity index (χ0n) is 10.7. The van der Waals surface area contributed by atoms with Crippen molar-refractivity contribution >= 4 is 0 Å². The maximum absolute atomic E-state index is 3.59. The molecule has 0 aliphatic heterocycles. The van der Waals surface area contributed by atoms with E-state index in [4.69, 9.17) is 0 Å². The fraction of sp³-hybridized carbons (Fsp3) is 1.00. The van der Waals surface area contributed by atoms with Crippen LogP contribution in [-0.4, -0.2) is 25.2 Å². The molecule has 0 bridgehead atoms. The largest absolute Gasteiger partial charge is 0.313 e. The highest BCUT2D eigenvalue weighted by molar-refractivity contribution is 4.75. The first-order valence-electron chi connectivity index (χ1n) is 5.95. The number of hydrogen-bond donors (Lipinski definition) is 2. The van der Waals surface area contributed by atoms with Crippen molar-refractivity contribution in [2.75, 3.05) is 13.1 Å². The van der Waals surface area contributed by atoms with Crippen molar-refractivity contribution in [3.63, 3.8) is 0 Å². The molecule has 0 aliphatic rings. The molecule has 2 N–H and O–H groups in total. The minimum atomic E-state index is 0. The third kappa shape index (κ3) is 5.61. The zero-order valence-corrected chi connectivity index (χ0v) is 10.7. The molecule has 0 aliphatic carbocycles. The smallest absolute Gasteiger partial charge is 0.0215 e. The minimum absolute atomic E-state index is 0. The summed E-state index contributed by atoms with van der Waals surface area (Å²) in [4.78, 5) is 0. The van der Waals surface area contributed by atoms with Crippen LogP contribution in [0.3, 0.4) is 0 Å². The van der Waals surface area contributed by atoms with Crippen LogP contribution < -0.4 is 10.6 Å². The molecule has 0 aromatic carbocycles. The van der Waals surface area contributed by atoms with E-state index >= 15 is 0 Å². The Morgan fingerprint density at radius 2 is 1.50 bits per heavy atom. The van der Waals surface area contributed by atoms with Gasteiger partial charge < -0.3 is 10.6 Å². The average Bonchev–Trinajstić information content (AvgIpc) is 2.10. The van der Waals surface area contributed by atoms with Crippen molar-refractivity contribution in [2.45, 2.75) is 53.6 Å².